The van der Waals surface area contributed by atoms with Crippen molar-refractivity contribution in [2.45, 2.75) is 13.8 Å². The summed E-state index contributed by atoms with van der Waals surface area (Å²) in [5, 5.41) is 21.0. The van der Waals surface area contributed by atoms with Gasteiger partial charge in [-0.25, -0.2) is 4.39 Å². The molecule has 0 fully saturated rings. The van der Waals surface area contributed by atoms with E-state index in [1.54, 1.807) is 0 Å². The first-order chi connectivity index (χ1) is 18.7. The van der Waals surface area contributed by atoms with E-state index in [1.807, 2.05) is 74.5 Å². The number of hydrogen-bond donors (Lipinski definition) is 0. The van der Waals surface area contributed by atoms with E-state index in [0.29, 0.717) is 5.56 Å². The van der Waals surface area contributed by atoms with E-state index in [2.05, 4.69) is 53.1 Å². The second-order valence-electron chi connectivity index (χ2n) is 8.61. The molecule has 182 valence electrons. The molecule has 0 atom stereocenters. The Kier molecular flexibility index (Phi) is 6.72. The molecule has 4 heteroatoms. The van der Waals surface area contributed by atoms with Crippen LogP contribution in [0.15, 0.2) is 109 Å². The third-order valence-corrected chi connectivity index (χ3v) is 6.54. The predicted molar refractivity (Wildman–Crippen MR) is 152 cm³/mol. The smallest absolute Gasteiger partial charge is 0.158 e. The maximum atomic E-state index is 14.4. The second-order valence-corrected chi connectivity index (χ2v) is 8.61. The van der Waals surface area contributed by atoms with Crippen LogP contribution in [0.3, 0.4) is 0 Å². The summed E-state index contributed by atoms with van der Waals surface area (Å²) < 4.78 is 16.6. The van der Waals surface area contributed by atoms with Gasteiger partial charge in [0.2, 0.25) is 0 Å². The average molecular weight is 494 g/mol. The Balaban J connectivity index is 0.00000144. The van der Waals surface area contributed by atoms with Crippen LogP contribution in [0.1, 0.15) is 25.0 Å². The van der Waals surface area contributed by atoms with Crippen molar-refractivity contribution >= 4 is 21.8 Å². The van der Waals surface area contributed by atoms with Crippen LogP contribution < -0.4 is 0 Å². The Morgan fingerprint density at radius 1 is 0.553 bits per heavy atom. The van der Waals surface area contributed by atoms with Gasteiger partial charge in [-0.15, -0.1) is 0 Å². The maximum absolute atomic E-state index is 14.4. The third-order valence-electron chi connectivity index (χ3n) is 6.54. The van der Waals surface area contributed by atoms with Gasteiger partial charge < -0.3 is 4.57 Å². The van der Waals surface area contributed by atoms with Crippen molar-refractivity contribution in [2.24, 2.45) is 0 Å². The van der Waals surface area contributed by atoms with Crippen LogP contribution in [0, 0.1) is 28.5 Å². The zero-order valence-corrected chi connectivity index (χ0v) is 21.1. The zero-order chi connectivity index (χ0) is 26.6. The molecule has 0 amide bonds. The van der Waals surface area contributed by atoms with Crippen LogP contribution in [0.5, 0.6) is 0 Å². The van der Waals surface area contributed by atoms with Crippen molar-refractivity contribution in [3.8, 4) is 40.1 Å². The summed E-state index contributed by atoms with van der Waals surface area (Å²) in [6, 6.07) is 39.7. The minimum Gasteiger partial charge on any atom is -0.309 e. The first-order valence-electron chi connectivity index (χ1n) is 12.5. The fraction of sp³-hybridized carbons (Fsp3) is 0.0588. The lowest BCUT2D eigenvalue weighted by atomic mass is 9.98. The van der Waals surface area contributed by atoms with Gasteiger partial charge >= 0.3 is 0 Å². The molecular weight excluding hydrogens is 469 g/mol. The molecule has 0 unspecified atom stereocenters. The summed E-state index contributed by atoms with van der Waals surface area (Å²) in [7, 11) is 0. The summed E-state index contributed by atoms with van der Waals surface area (Å²) in [6.07, 6.45) is 0. The number of halogens is 1. The lowest BCUT2D eigenvalue weighted by Gasteiger charge is -2.10. The highest BCUT2D eigenvalue weighted by atomic mass is 19.1. The third kappa shape index (κ3) is 4.19. The van der Waals surface area contributed by atoms with Gasteiger partial charge in [0.15, 0.2) is 5.82 Å². The molecule has 0 saturated carbocycles. The Bertz CT molecular complexity index is 1820. The van der Waals surface area contributed by atoms with Crippen molar-refractivity contribution in [1.29, 1.82) is 10.5 Å². The summed E-state index contributed by atoms with van der Waals surface area (Å²) in [5.41, 5.74) is 6.50. The van der Waals surface area contributed by atoms with Crippen LogP contribution in [0.2, 0.25) is 0 Å². The Labute approximate surface area is 221 Å². The fourth-order valence-corrected chi connectivity index (χ4v) is 4.82. The number of nitrogens with zero attached hydrogens (tertiary/aromatic N) is 3. The Morgan fingerprint density at radius 2 is 1.03 bits per heavy atom. The monoisotopic (exact) mass is 493 g/mol. The van der Waals surface area contributed by atoms with Crippen LogP contribution in [-0.4, -0.2) is 4.57 Å². The quantitative estimate of drug-likeness (QED) is 0.247. The van der Waals surface area contributed by atoms with Crippen LogP contribution in [0.4, 0.5) is 4.39 Å². The fourth-order valence-electron chi connectivity index (χ4n) is 4.82. The van der Waals surface area contributed by atoms with E-state index in [0.717, 1.165) is 44.2 Å². The van der Waals surface area contributed by atoms with Gasteiger partial charge in [0.25, 0.3) is 0 Å². The van der Waals surface area contributed by atoms with Gasteiger partial charge in [0, 0.05) is 16.5 Å². The molecule has 0 bridgehead atoms. The molecule has 5 aromatic carbocycles. The minimum absolute atomic E-state index is 0.139. The molecule has 0 N–H and O–H groups in total. The lowest BCUT2D eigenvalue weighted by molar-refractivity contribution is 0.620. The number of benzene rings is 5. The highest BCUT2D eigenvalue weighted by molar-refractivity contribution is 6.11. The first-order valence-corrected chi connectivity index (χ1v) is 12.5. The standard InChI is InChI=1S/C32H18FN3.C2H6/c33-32-25(19-34)15-24(16-26(32)20-35)23-12-14-29-28-13-11-22(21-7-3-1-4-8-21)17-30(28)36(31(29)18-23)27-9-5-2-6-10-27;1-2/h1-18H;1-2H3. The number of hydrogen-bond acceptors (Lipinski definition) is 2. The van der Waals surface area contributed by atoms with Crippen molar-refractivity contribution < 1.29 is 4.39 Å². The Hall–Kier alpha value is -5.19. The number of aromatic nitrogens is 1. The van der Waals surface area contributed by atoms with E-state index >= 15 is 0 Å². The summed E-state index contributed by atoms with van der Waals surface area (Å²) in [6.45, 7) is 4.00. The molecule has 38 heavy (non-hydrogen) atoms. The molecule has 6 aromatic rings. The van der Waals surface area contributed by atoms with E-state index in [4.69, 9.17) is 0 Å². The minimum atomic E-state index is -0.781. The maximum Gasteiger partial charge on any atom is 0.158 e. The van der Waals surface area contributed by atoms with Crippen LogP contribution >= 0.6 is 0 Å². The normalized spacial score (nSPS) is 10.4. The van der Waals surface area contributed by atoms with Crippen molar-refractivity contribution in [1.82, 2.24) is 4.57 Å². The van der Waals surface area contributed by atoms with E-state index in [9.17, 15) is 14.9 Å². The summed E-state index contributed by atoms with van der Waals surface area (Å²) in [5.74, 6) is -0.781. The molecule has 0 aliphatic heterocycles. The zero-order valence-electron chi connectivity index (χ0n) is 21.1. The van der Waals surface area contributed by atoms with Gasteiger partial charge in [-0.1, -0.05) is 86.6 Å². The number of para-hydroxylation sites is 1. The largest absolute Gasteiger partial charge is 0.309 e. The first kappa shape index (κ1) is 24.5. The number of fused-ring (bicyclic) bond motifs is 3. The van der Waals surface area contributed by atoms with Crippen LogP contribution in [-0.2, 0) is 0 Å². The van der Waals surface area contributed by atoms with Gasteiger partial charge in [-0.2, -0.15) is 10.5 Å². The molecule has 1 aromatic heterocycles. The highest BCUT2D eigenvalue weighted by Crippen LogP contribution is 2.37. The second kappa shape index (κ2) is 10.4. The highest BCUT2D eigenvalue weighted by Gasteiger charge is 2.16. The van der Waals surface area contributed by atoms with Crippen LogP contribution in [0.25, 0.3) is 49.7 Å². The molecule has 3 nitrogen and oxygen atoms in total. The van der Waals surface area contributed by atoms with E-state index < -0.39 is 5.82 Å². The van der Waals surface area contributed by atoms with Gasteiger partial charge in [-0.3, -0.25) is 0 Å². The van der Waals surface area contributed by atoms with E-state index in [1.165, 1.54) is 12.1 Å². The van der Waals surface area contributed by atoms with Crippen molar-refractivity contribution in [3.63, 3.8) is 0 Å². The molecular formula is C34H24FN3. The number of nitriles is 2. The predicted octanol–water partition coefficient (Wildman–Crippen LogP) is 9.03. The van der Waals surface area contributed by atoms with Gasteiger partial charge in [-0.05, 0) is 58.7 Å². The molecule has 6 rings (SSSR count). The topological polar surface area (TPSA) is 52.5 Å². The molecule has 0 saturated heterocycles. The van der Waals surface area contributed by atoms with E-state index in [-0.39, 0.29) is 11.1 Å². The molecule has 0 spiro atoms. The Morgan fingerprint density at radius 3 is 1.53 bits per heavy atom. The molecule has 0 aliphatic rings. The van der Waals surface area contributed by atoms with Gasteiger partial charge in [0.1, 0.15) is 12.1 Å². The number of rotatable bonds is 3. The van der Waals surface area contributed by atoms with Gasteiger partial charge in [0.05, 0.1) is 22.2 Å². The lowest BCUT2D eigenvalue weighted by Crippen LogP contribution is -1.94. The SMILES string of the molecule is CC.N#Cc1cc(-c2ccc3c4ccc(-c5ccccc5)cc4n(-c4ccccc4)c3c2)cc(C#N)c1F. The molecule has 0 radical (unpaired) electrons. The van der Waals surface area contributed by atoms with Crippen molar-refractivity contribution in [3.05, 3.63) is 126 Å². The molecule has 0 aliphatic carbocycles. The summed E-state index contributed by atoms with van der Waals surface area (Å²) in [4.78, 5) is 0. The molecule has 1 heterocycles. The summed E-state index contributed by atoms with van der Waals surface area (Å²) >= 11 is 0. The van der Waals surface area contributed by atoms with Crippen molar-refractivity contribution in [2.75, 3.05) is 0 Å². The average Bonchev–Trinajstić information content (AvgIpc) is 3.32.